The molecule has 7 nitrogen and oxygen atoms in total. The van der Waals surface area contributed by atoms with Gasteiger partial charge >= 0.3 is 0 Å². The Kier molecular flexibility index (Phi) is 4.85. The van der Waals surface area contributed by atoms with E-state index in [2.05, 4.69) is 20.8 Å². The summed E-state index contributed by atoms with van der Waals surface area (Å²) in [6.45, 7) is 1.77. The van der Waals surface area contributed by atoms with Crippen molar-refractivity contribution in [2.45, 2.75) is 51.2 Å². The Balaban J connectivity index is 1.54. The molecule has 0 spiro atoms. The number of amides is 1. The molecular formula is C16H21N5O2. The van der Waals surface area contributed by atoms with Crippen molar-refractivity contribution >= 4 is 5.91 Å². The number of nitrogens with zero attached hydrogens (tertiary/aromatic N) is 4. The van der Waals surface area contributed by atoms with E-state index in [-0.39, 0.29) is 5.91 Å². The van der Waals surface area contributed by atoms with Crippen LogP contribution in [0.25, 0.3) is 5.69 Å². The summed E-state index contributed by atoms with van der Waals surface area (Å²) in [6.07, 6.45) is 6.80. The molecule has 0 saturated heterocycles. The molecule has 0 aliphatic heterocycles. The first-order chi connectivity index (χ1) is 11.2. The van der Waals surface area contributed by atoms with Gasteiger partial charge in [-0.05, 0) is 54.5 Å². The van der Waals surface area contributed by atoms with Crippen molar-refractivity contribution in [2.24, 2.45) is 0 Å². The van der Waals surface area contributed by atoms with E-state index in [1.807, 2.05) is 12.1 Å². The fourth-order valence-corrected chi connectivity index (χ4v) is 2.78. The van der Waals surface area contributed by atoms with Crippen LogP contribution in [0.1, 0.15) is 39.0 Å². The summed E-state index contributed by atoms with van der Waals surface area (Å²) >= 11 is 0. The summed E-state index contributed by atoms with van der Waals surface area (Å²) in [7, 11) is 0. The smallest absolute Gasteiger partial charge is 0.260 e. The third kappa shape index (κ3) is 4.06. The average molecular weight is 315 g/mol. The van der Waals surface area contributed by atoms with Crippen molar-refractivity contribution < 1.29 is 9.53 Å². The van der Waals surface area contributed by atoms with E-state index in [1.54, 1.807) is 23.7 Å². The Hall–Kier alpha value is -2.44. The second-order valence-corrected chi connectivity index (χ2v) is 5.85. The minimum atomic E-state index is -0.518. The third-order valence-electron chi connectivity index (χ3n) is 4.08. The lowest BCUT2D eigenvalue weighted by Crippen LogP contribution is -2.43. The molecule has 1 fully saturated rings. The second kappa shape index (κ2) is 7.21. The molecule has 0 radical (unpaired) electrons. The van der Waals surface area contributed by atoms with Gasteiger partial charge in [0.05, 0.1) is 5.69 Å². The number of hydrogen-bond acceptors (Lipinski definition) is 5. The van der Waals surface area contributed by atoms with Crippen molar-refractivity contribution in [3.63, 3.8) is 0 Å². The average Bonchev–Trinajstić information content (AvgIpc) is 3.11. The van der Waals surface area contributed by atoms with Gasteiger partial charge in [-0.15, -0.1) is 5.10 Å². The van der Waals surface area contributed by atoms with Gasteiger partial charge in [0.15, 0.2) is 6.10 Å². The maximum absolute atomic E-state index is 12.2. The predicted octanol–water partition coefficient (Wildman–Crippen LogP) is 1.88. The molecule has 1 amide bonds. The zero-order valence-electron chi connectivity index (χ0n) is 13.2. The zero-order chi connectivity index (χ0) is 16.1. The molecule has 0 bridgehead atoms. The molecule has 1 N–H and O–H groups in total. The van der Waals surface area contributed by atoms with E-state index in [0.717, 1.165) is 18.5 Å². The summed E-state index contributed by atoms with van der Waals surface area (Å²) in [5, 5.41) is 14.1. The van der Waals surface area contributed by atoms with Gasteiger partial charge in [-0.25, -0.2) is 4.68 Å². The standard InChI is InChI=1S/C16H21N5O2/c1-12(16(22)18-13-5-3-2-4-6-13)23-15-9-7-14(8-10-15)21-11-17-19-20-21/h7-13H,2-6H2,1H3,(H,18,22). The van der Waals surface area contributed by atoms with Crippen molar-refractivity contribution in [1.29, 1.82) is 0 Å². The first-order valence-electron chi connectivity index (χ1n) is 8.03. The Morgan fingerprint density at radius 2 is 2.00 bits per heavy atom. The third-order valence-corrected chi connectivity index (χ3v) is 4.08. The van der Waals surface area contributed by atoms with E-state index in [4.69, 9.17) is 4.74 Å². The zero-order valence-corrected chi connectivity index (χ0v) is 13.2. The van der Waals surface area contributed by atoms with Gasteiger partial charge < -0.3 is 10.1 Å². The number of aromatic nitrogens is 4. The molecule has 1 aliphatic rings. The predicted molar refractivity (Wildman–Crippen MR) is 84.3 cm³/mol. The van der Waals surface area contributed by atoms with Crippen LogP contribution in [0, 0.1) is 0 Å². The Morgan fingerprint density at radius 3 is 2.65 bits per heavy atom. The summed E-state index contributed by atoms with van der Waals surface area (Å²) in [5.74, 6) is 0.592. The van der Waals surface area contributed by atoms with Gasteiger partial charge in [0, 0.05) is 6.04 Å². The fraction of sp³-hybridized carbons (Fsp3) is 0.500. The van der Waals surface area contributed by atoms with E-state index >= 15 is 0 Å². The van der Waals surface area contributed by atoms with Crippen molar-refractivity contribution in [2.75, 3.05) is 0 Å². The van der Waals surface area contributed by atoms with Gasteiger partial charge in [0.1, 0.15) is 12.1 Å². The topological polar surface area (TPSA) is 81.9 Å². The minimum absolute atomic E-state index is 0.0542. The Bertz CT molecular complexity index is 620. The fourth-order valence-electron chi connectivity index (χ4n) is 2.78. The number of benzene rings is 1. The molecule has 7 heteroatoms. The number of carbonyl (C=O) groups is 1. The number of rotatable bonds is 5. The summed E-state index contributed by atoms with van der Waals surface area (Å²) in [4.78, 5) is 12.2. The molecule has 3 rings (SSSR count). The van der Waals surface area contributed by atoms with Crippen LogP contribution in [-0.4, -0.2) is 38.3 Å². The molecule has 23 heavy (non-hydrogen) atoms. The van der Waals surface area contributed by atoms with Gasteiger partial charge in [0.25, 0.3) is 5.91 Å². The molecule has 1 saturated carbocycles. The van der Waals surface area contributed by atoms with Crippen molar-refractivity contribution in [3.8, 4) is 11.4 Å². The molecule has 1 aromatic carbocycles. The summed E-state index contributed by atoms with van der Waals surface area (Å²) < 4.78 is 7.28. The lowest BCUT2D eigenvalue weighted by Gasteiger charge is -2.24. The molecule has 1 atom stereocenters. The molecule has 1 aliphatic carbocycles. The van der Waals surface area contributed by atoms with Crippen molar-refractivity contribution in [3.05, 3.63) is 30.6 Å². The van der Waals surface area contributed by atoms with Crippen LogP contribution in [0.15, 0.2) is 30.6 Å². The van der Waals surface area contributed by atoms with Crippen LogP contribution in [0.5, 0.6) is 5.75 Å². The molecular weight excluding hydrogens is 294 g/mol. The van der Waals surface area contributed by atoms with Gasteiger partial charge in [-0.2, -0.15) is 0 Å². The van der Waals surface area contributed by atoms with E-state index in [1.165, 1.54) is 25.6 Å². The molecule has 1 heterocycles. The van der Waals surface area contributed by atoms with E-state index in [0.29, 0.717) is 11.8 Å². The van der Waals surface area contributed by atoms with Crippen LogP contribution in [0.4, 0.5) is 0 Å². The van der Waals surface area contributed by atoms with Crippen LogP contribution in [0.3, 0.4) is 0 Å². The lowest BCUT2D eigenvalue weighted by molar-refractivity contribution is -0.128. The minimum Gasteiger partial charge on any atom is -0.481 e. The number of tetrazole rings is 1. The van der Waals surface area contributed by atoms with E-state index < -0.39 is 6.10 Å². The SMILES string of the molecule is CC(Oc1ccc(-n2cnnn2)cc1)C(=O)NC1CCCCC1. The molecule has 1 unspecified atom stereocenters. The highest BCUT2D eigenvalue weighted by Gasteiger charge is 2.20. The monoisotopic (exact) mass is 315 g/mol. The van der Waals surface area contributed by atoms with Crippen LogP contribution in [0.2, 0.25) is 0 Å². The maximum atomic E-state index is 12.2. The van der Waals surface area contributed by atoms with E-state index in [9.17, 15) is 4.79 Å². The number of ether oxygens (including phenoxy) is 1. The first kappa shape index (κ1) is 15.5. The molecule has 122 valence electrons. The quantitative estimate of drug-likeness (QED) is 0.911. The maximum Gasteiger partial charge on any atom is 0.260 e. The van der Waals surface area contributed by atoms with Crippen LogP contribution in [-0.2, 0) is 4.79 Å². The molecule has 1 aromatic heterocycles. The summed E-state index contributed by atoms with van der Waals surface area (Å²) in [5.41, 5.74) is 0.835. The van der Waals surface area contributed by atoms with Gasteiger partial charge in [0.2, 0.25) is 0 Å². The van der Waals surface area contributed by atoms with Crippen LogP contribution < -0.4 is 10.1 Å². The second-order valence-electron chi connectivity index (χ2n) is 5.85. The highest BCUT2D eigenvalue weighted by atomic mass is 16.5. The first-order valence-corrected chi connectivity index (χ1v) is 8.03. The highest BCUT2D eigenvalue weighted by Crippen LogP contribution is 2.18. The molecule has 2 aromatic rings. The normalized spacial score (nSPS) is 16.7. The number of nitrogens with one attached hydrogen (secondary N) is 1. The number of hydrogen-bond donors (Lipinski definition) is 1. The van der Waals surface area contributed by atoms with Gasteiger partial charge in [-0.1, -0.05) is 19.3 Å². The number of carbonyl (C=O) groups excluding carboxylic acids is 1. The Morgan fingerprint density at radius 1 is 1.26 bits per heavy atom. The highest BCUT2D eigenvalue weighted by molar-refractivity contribution is 5.81. The van der Waals surface area contributed by atoms with Crippen LogP contribution >= 0.6 is 0 Å². The largest absolute Gasteiger partial charge is 0.481 e. The summed E-state index contributed by atoms with van der Waals surface area (Å²) in [6, 6.07) is 7.60. The van der Waals surface area contributed by atoms with Gasteiger partial charge in [-0.3, -0.25) is 4.79 Å². The lowest BCUT2D eigenvalue weighted by atomic mass is 9.95. The Labute approximate surface area is 135 Å². The van der Waals surface area contributed by atoms with Crippen molar-refractivity contribution in [1.82, 2.24) is 25.5 Å².